The molecule has 7 heteroatoms. The van der Waals surface area contributed by atoms with Gasteiger partial charge in [0.05, 0.1) is 11.0 Å². The molecular formula is C10H10N2O4S. The number of nitrogens with zero attached hydrogens (tertiary/aromatic N) is 1. The molecule has 90 valence electrons. The third-order valence-corrected chi connectivity index (χ3v) is 2.87. The van der Waals surface area contributed by atoms with E-state index in [9.17, 15) is 13.2 Å². The lowest BCUT2D eigenvalue weighted by atomic mass is 10.2. The largest absolute Gasteiger partial charge is 0.325 e. The zero-order valence-electron chi connectivity index (χ0n) is 8.97. The standard InChI is InChI=1S/C10H10N2O4S/c1-7-2-3-8(17(14,15)16)6-9(7)12-10(13)4-5-11/h2-3,6H,4H2,1H3,(H,12,13)(H,14,15,16). The second-order valence-electron chi connectivity index (χ2n) is 3.33. The summed E-state index contributed by atoms with van der Waals surface area (Å²) in [5.74, 6) is -0.539. The van der Waals surface area contributed by atoms with E-state index in [4.69, 9.17) is 9.81 Å². The average molecular weight is 254 g/mol. The topological polar surface area (TPSA) is 107 Å². The number of benzene rings is 1. The number of hydrogen-bond acceptors (Lipinski definition) is 4. The predicted octanol–water partition coefficient (Wildman–Crippen LogP) is 1.09. The maximum atomic E-state index is 11.2. The van der Waals surface area contributed by atoms with Crippen molar-refractivity contribution in [2.45, 2.75) is 18.2 Å². The van der Waals surface area contributed by atoms with Crippen LogP contribution in [0.4, 0.5) is 5.69 Å². The first-order valence-corrected chi connectivity index (χ1v) is 6.03. The van der Waals surface area contributed by atoms with Crippen LogP contribution in [0.15, 0.2) is 23.1 Å². The van der Waals surface area contributed by atoms with Crippen molar-refractivity contribution in [2.75, 3.05) is 5.32 Å². The molecule has 1 amide bonds. The summed E-state index contributed by atoms with van der Waals surface area (Å²) in [5, 5.41) is 10.7. The van der Waals surface area contributed by atoms with Gasteiger partial charge >= 0.3 is 0 Å². The number of carbonyl (C=O) groups is 1. The van der Waals surface area contributed by atoms with Gasteiger partial charge in [-0.3, -0.25) is 9.35 Å². The molecule has 0 radical (unpaired) electrons. The quantitative estimate of drug-likeness (QED) is 0.785. The zero-order chi connectivity index (χ0) is 13.1. The summed E-state index contributed by atoms with van der Waals surface area (Å²) in [5.41, 5.74) is 0.879. The van der Waals surface area contributed by atoms with Gasteiger partial charge in [-0.15, -0.1) is 0 Å². The van der Waals surface area contributed by atoms with E-state index in [1.165, 1.54) is 12.1 Å². The van der Waals surface area contributed by atoms with Crippen molar-refractivity contribution in [1.82, 2.24) is 0 Å². The smallest absolute Gasteiger partial charge is 0.294 e. The maximum Gasteiger partial charge on any atom is 0.294 e. The Hall–Kier alpha value is -1.91. The van der Waals surface area contributed by atoms with Crippen LogP contribution in [-0.4, -0.2) is 18.9 Å². The lowest BCUT2D eigenvalue weighted by molar-refractivity contribution is -0.115. The molecule has 2 N–H and O–H groups in total. The van der Waals surface area contributed by atoms with Gasteiger partial charge < -0.3 is 5.32 Å². The van der Waals surface area contributed by atoms with Crippen molar-refractivity contribution in [2.24, 2.45) is 0 Å². The van der Waals surface area contributed by atoms with Crippen LogP contribution in [0.25, 0.3) is 0 Å². The van der Waals surface area contributed by atoms with Crippen molar-refractivity contribution in [1.29, 1.82) is 5.26 Å². The van der Waals surface area contributed by atoms with Crippen molar-refractivity contribution < 1.29 is 17.8 Å². The molecule has 6 nitrogen and oxygen atoms in total. The summed E-state index contributed by atoms with van der Waals surface area (Å²) in [7, 11) is -4.31. The fourth-order valence-corrected chi connectivity index (χ4v) is 1.67. The number of rotatable bonds is 3. The van der Waals surface area contributed by atoms with Gasteiger partial charge in [0.25, 0.3) is 10.1 Å². The van der Waals surface area contributed by atoms with Gasteiger partial charge in [0.1, 0.15) is 6.42 Å². The number of carbonyl (C=O) groups excluding carboxylic acids is 1. The first kappa shape index (κ1) is 13.2. The summed E-state index contributed by atoms with van der Waals surface area (Å²) >= 11 is 0. The summed E-state index contributed by atoms with van der Waals surface area (Å²) in [6.07, 6.45) is -0.324. The lowest BCUT2D eigenvalue weighted by Gasteiger charge is -2.08. The molecule has 0 fully saturated rings. The average Bonchev–Trinajstić information content (AvgIpc) is 2.20. The second-order valence-corrected chi connectivity index (χ2v) is 4.76. The van der Waals surface area contributed by atoms with E-state index in [0.717, 1.165) is 6.07 Å². The summed E-state index contributed by atoms with van der Waals surface area (Å²) in [6, 6.07) is 5.49. The molecular weight excluding hydrogens is 244 g/mol. The monoisotopic (exact) mass is 254 g/mol. The molecule has 0 aromatic heterocycles. The lowest BCUT2D eigenvalue weighted by Crippen LogP contribution is -2.12. The first-order chi connectivity index (χ1) is 7.84. The minimum atomic E-state index is -4.31. The molecule has 1 aromatic carbocycles. The van der Waals surface area contributed by atoms with Crippen LogP contribution in [0.1, 0.15) is 12.0 Å². The maximum absolute atomic E-state index is 11.2. The molecule has 0 spiro atoms. The van der Waals surface area contributed by atoms with E-state index in [2.05, 4.69) is 5.32 Å². The molecule has 0 aliphatic carbocycles. The van der Waals surface area contributed by atoms with Gasteiger partial charge in [0.15, 0.2) is 0 Å². The van der Waals surface area contributed by atoms with Crippen molar-refractivity contribution in [3.05, 3.63) is 23.8 Å². The van der Waals surface area contributed by atoms with E-state index in [-0.39, 0.29) is 17.0 Å². The molecule has 0 heterocycles. The molecule has 0 aliphatic heterocycles. The Bertz CT molecular complexity index is 587. The highest BCUT2D eigenvalue weighted by Crippen LogP contribution is 2.20. The van der Waals surface area contributed by atoms with E-state index < -0.39 is 16.0 Å². The van der Waals surface area contributed by atoms with Gasteiger partial charge in [0, 0.05) is 5.69 Å². The molecule has 0 aliphatic rings. The summed E-state index contributed by atoms with van der Waals surface area (Å²) in [4.78, 5) is 10.9. The van der Waals surface area contributed by atoms with Crippen LogP contribution >= 0.6 is 0 Å². The molecule has 0 unspecified atom stereocenters. The van der Waals surface area contributed by atoms with Crippen molar-refractivity contribution in [3.8, 4) is 6.07 Å². The van der Waals surface area contributed by atoms with Crippen LogP contribution < -0.4 is 5.32 Å². The first-order valence-electron chi connectivity index (χ1n) is 4.59. The fourth-order valence-electron chi connectivity index (χ4n) is 1.16. The Labute approximate surface area is 98.6 Å². The highest BCUT2D eigenvalue weighted by atomic mass is 32.2. The Balaban J connectivity index is 3.08. The van der Waals surface area contributed by atoms with Gasteiger partial charge in [-0.25, -0.2) is 0 Å². The molecule has 0 saturated carbocycles. The van der Waals surface area contributed by atoms with Crippen LogP contribution in [0, 0.1) is 18.3 Å². The van der Waals surface area contributed by atoms with Gasteiger partial charge in [0.2, 0.25) is 5.91 Å². The van der Waals surface area contributed by atoms with E-state index in [0.29, 0.717) is 5.56 Å². The Morgan fingerprint density at radius 1 is 1.53 bits per heavy atom. The number of amides is 1. The number of aryl methyl sites for hydroxylation is 1. The normalized spacial score (nSPS) is 10.6. The van der Waals surface area contributed by atoms with Crippen LogP contribution in [0.5, 0.6) is 0 Å². The van der Waals surface area contributed by atoms with E-state index in [1.54, 1.807) is 13.0 Å². The van der Waals surface area contributed by atoms with Crippen LogP contribution in [0.3, 0.4) is 0 Å². The molecule has 1 aromatic rings. The molecule has 17 heavy (non-hydrogen) atoms. The van der Waals surface area contributed by atoms with Gasteiger partial charge in [-0.2, -0.15) is 13.7 Å². The Morgan fingerprint density at radius 2 is 2.18 bits per heavy atom. The minimum Gasteiger partial charge on any atom is -0.325 e. The van der Waals surface area contributed by atoms with E-state index in [1.807, 2.05) is 0 Å². The summed E-state index contributed by atoms with van der Waals surface area (Å²) < 4.78 is 30.6. The second kappa shape index (κ2) is 4.95. The molecule has 0 saturated heterocycles. The Morgan fingerprint density at radius 3 is 2.71 bits per heavy atom. The van der Waals surface area contributed by atoms with Gasteiger partial charge in [-0.05, 0) is 24.6 Å². The minimum absolute atomic E-state index is 0.250. The Kier molecular flexibility index (Phi) is 3.83. The van der Waals surface area contributed by atoms with Crippen molar-refractivity contribution >= 4 is 21.7 Å². The third kappa shape index (κ3) is 3.55. The van der Waals surface area contributed by atoms with Crippen molar-refractivity contribution in [3.63, 3.8) is 0 Å². The van der Waals surface area contributed by atoms with Crippen LogP contribution in [-0.2, 0) is 14.9 Å². The number of nitrogens with one attached hydrogen (secondary N) is 1. The highest BCUT2D eigenvalue weighted by molar-refractivity contribution is 7.85. The molecule has 1 rings (SSSR count). The predicted molar refractivity (Wildman–Crippen MR) is 59.9 cm³/mol. The highest BCUT2D eigenvalue weighted by Gasteiger charge is 2.12. The number of nitriles is 1. The molecule has 0 bridgehead atoms. The SMILES string of the molecule is Cc1ccc(S(=O)(=O)O)cc1NC(=O)CC#N. The fraction of sp³-hybridized carbons (Fsp3) is 0.200. The third-order valence-electron chi connectivity index (χ3n) is 2.02. The zero-order valence-corrected chi connectivity index (χ0v) is 9.78. The van der Waals surface area contributed by atoms with E-state index >= 15 is 0 Å². The number of hydrogen-bond donors (Lipinski definition) is 2. The van der Waals surface area contributed by atoms with Crippen LogP contribution in [0.2, 0.25) is 0 Å². The summed E-state index contributed by atoms with van der Waals surface area (Å²) in [6.45, 7) is 1.66. The number of anilines is 1. The molecule has 0 atom stereocenters. The van der Waals surface area contributed by atoms with Gasteiger partial charge in [-0.1, -0.05) is 6.07 Å².